The van der Waals surface area contributed by atoms with Gasteiger partial charge in [-0.15, -0.1) is 0 Å². The number of aromatic amines is 1. The Labute approximate surface area is 129 Å². The lowest BCUT2D eigenvalue weighted by molar-refractivity contribution is 0.101. The van der Waals surface area contributed by atoms with Gasteiger partial charge in [0.25, 0.3) is 5.56 Å². The van der Waals surface area contributed by atoms with Gasteiger partial charge in [-0.25, -0.2) is 4.98 Å². The van der Waals surface area contributed by atoms with Crippen molar-refractivity contribution in [1.29, 1.82) is 0 Å². The first-order valence-electron chi connectivity index (χ1n) is 7.32. The molecule has 0 radical (unpaired) electrons. The number of aliphatic hydroxyl groups excluding tert-OH is 1. The lowest BCUT2D eigenvalue weighted by atomic mass is 10.1. The average Bonchev–Trinajstić information content (AvgIpc) is 2.43. The highest BCUT2D eigenvalue weighted by Gasteiger charge is 2.13. The molecule has 1 unspecified atom stereocenters. The second kappa shape index (κ2) is 6.46. The van der Waals surface area contributed by atoms with Crippen molar-refractivity contribution in [3.63, 3.8) is 0 Å². The molecule has 1 atom stereocenters. The van der Waals surface area contributed by atoms with Gasteiger partial charge in [0.2, 0.25) is 0 Å². The summed E-state index contributed by atoms with van der Waals surface area (Å²) in [6, 6.07) is 5.33. The largest absolute Gasteiger partial charge is 0.488 e. The first kappa shape index (κ1) is 16.5. The third kappa shape index (κ3) is 4.29. The van der Waals surface area contributed by atoms with E-state index in [1.165, 1.54) is 0 Å². The summed E-state index contributed by atoms with van der Waals surface area (Å²) < 4.78 is 5.67. The predicted octanol–water partition coefficient (Wildman–Crippen LogP) is 1.36. The van der Waals surface area contributed by atoms with Gasteiger partial charge in [-0.2, -0.15) is 0 Å². The zero-order valence-corrected chi connectivity index (χ0v) is 13.4. The van der Waals surface area contributed by atoms with Crippen LogP contribution in [-0.4, -0.2) is 39.9 Å². The highest BCUT2D eigenvalue weighted by atomic mass is 16.5. The van der Waals surface area contributed by atoms with Gasteiger partial charge < -0.3 is 20.1 Å². The van der Waals surface area contributed by atoms with E-state index < -0.39 is 6.10 Å². The van der Waals surface area contributed by atoms with Crippen molar-refractivity contribution in [2.24, 2.45) is 0 Å². The maximum Gasteiger partial charge on any atom is 0.269 e. The summed E-state index contributed by atoms with van der Waals surface area (Å²) in [6.45, 7) is 8.35. The van der Waals surface area contributed by atoms with Crippen molar-refractivity contribution in [1.82, 2.24) is 15.3 Å². The number of ether oxygens (including phenoxy) is 1. The maximum atomic E-state index is 11.6. The number of aryl methyl sites for hydroxylation is 1. The Morgan fingerprint density at radius 3 is 2.82 bits per heavy atom. The molecule has 3 N–H and O–H groups in total. The number of nitrogens with zero attached hydrogens (tertiary/aromatic N) is 1. The molecule has 6 nitrogen and oxygen atoms in total. The van der Waals surface area contributed by atoms with Crippen LogP contribution in [0.25, 0.3) is 11.0 Å². The fraction of sp³-hybridized carbons (Fsp3) is 0.500. The number of H-pyrrole nitrogens is 1. The molecule has 0 aliphatic carbocycles. The minimum absolute atomic E-state index is 0.0570. The summed E-state index contributed by atoms with van der Waals surface area (Å²) >= 11 is 0. The lowest BCUT2D eigenvalue weighted by Crippen LogP contribution is -2.42. The lowest BCUT2D eigenvalue weighted by Gasteiger charge is -2.23. The number of para-hydroxylation sites is 1. The summed E-state index contributed by atoms with van der Waals surface area (Å²) in [5, 5.41) is 13.2. The van der Waals surface area contributed by atoms with Crippen LogP contribution >= 0.6 is 0 Å². The maximum absolute atomic E-state index is 11.6. The fourth-order valence-corrected chi connectivity index (χ4v) is 1.96. The number of aliphatic hydroxyl groups is 1. The molecule has 0 aliphatic heterocycles. The summed E-state index contributed by atoms with van der Waals surface area (Å²) in [5.41, 5.74) is 1.34. The summed E-state index contributed by atoms with van der Waals surface area (Å²) in [5.74, 6) is 0.548. The van der Waals surface area contributed by atoms with Crippen molar-refractivity contribution in [3.8, 4) is 5.75 Å². The van der Waals surface area contributed by atoms with Gasteiger partial charge in [0.15, 0.2) is 0 Å². The first-order chi connectivity index (χ1) is 10.3. The Bertz CT molecular complexity index is 704. The molecule has 0 aliphatic rings. The van der Waals surface area contributed by atoms with Crippen LogP contribution < -0.4 is 15.6 Å². The van der Waals surface area contributed by atoms with E-state index in [2.05, 4.69) is 15.3 Å². The molecule has 6 heteroatoms. The highest BCUT2D eigenvalue weighted by molar-refractivity contribution is 5.80. The van der Waals surface area contributed by atoms with Gasteiger partial charge in [0, 0.05) is 12.1 Å². The molecule has 0 saturated carbocycles. The van der Waals surface area contributed by atoms with Crippen LogP contribution in [0.2, 0.25) is 0 Å². The number of fused-ring (bicyclic) bond motifs is 1. The summed E-state index contributed by atoms with van der Waals surface area (Å²) in [4.78, 5) is 18.6. The van der Waals surface area contributed by atoms with Crippen molar-refractivity contribution in [3.05, 3.63) is 34.2 Å². The van der Waals surface area contributed by atoms with E-state index in [9.17, 15) is 9.90 Å². The van der Waals surface area contributed by atoms with E-state index in [1.807, 2.05) is 20.8 Å². The predicted molar refractivity (Wildman–Crippen MR) is 86.4 cm³/mol. The molecule has 0 spiro atoms. The van der Waals surface area contributed by atoms with Crippen LogP contribution in [-0.2, 0) is 0 Å². The quantitative estimate of drug-likeness (QED) is 0.776. The molecule has 2 aromatic rings. The van der Waals surface area contributed by atoms with Crippen LogP contribution in [0.5, 0.6) is 5.75 Å². The van der Waals surface area contributed by atoms with E-state index in [4.69, 9.17) is 4.74 Å². The van der Waals surface area contributed by atoms with Gasteiger partial charge in [-0.05, 0) is 39.8 Å². The normalized spacial score (nSPS) is 13.3. The minimum Gasteiger partial charge on any atom is -0.488 e. The van der Waals surface area contributed by atoms with Gasteiger partial charge in [-0.3, -0.25) is 4.79 Å². The van der Waals surface area contributed by atoms with Gasteiger partial charge >= 0.3 is 0 Å². The van der Waals surface area contributed by atoms with Crippen molar-refractivity contribution >= 4 is 11.0 Å². The fourth-order valence-electron chi connectivity index (χ4n) is 1.96. The Morgan fingerprint density at radius 2 is 2.14 bits per heavy atom. The van der Waals surface area contributed by atoms with Crippen LogP contribution in [0.1, 0.15) is 26.5 Å². The topological polar surface area (TPSA) is 87.2 Å². The number of nitrogens with one attached hydrogen (secondary N) is 2. The third-order valence-electron chi connectivity index (χ3n) is 3.15. The Morgan fingerprint density at radius 1 is 1.41 bits per heavy atom. The molecule has 0 fully saturated rings. The smallest absolute Gasteiger partial charge is 0.269 e. The van der Waals surface area contributed by atoms with E-state index >= 15 is 0 Å². The summed E-state index contributed by atoms with van der Waals surface area (Å²) in [7, 11) is 0. The second-order valence-electron chi connectivity index (χ2n) is 6.40. The summed E-state index contributed by atoms with van der Waals surface area (Å²) in [6.07, 6.45) is -0.627. The van der Waals surface area contributed by atoms with Crippen molar-refractivity contribution < 1.29 is 9.84 Å². The van der Waals surface area contributed by atoms with Crippen LogP contribution in [0, 0.1) is 6.92 Å². The van der Waals surface area contributed by atoms with Crippen molar-refractivity contribution in [2.75, 3.05) is 13.2 Å². The number of hydrogen-bond donors (Lipinski definition) is 3. The Hall–Kier alpha value is -1.92. The first-order valence-corrected chi connectivity index (χ1v) is 7.32. The van der Waals surface area contributed by atoms with Gasteiger partial charge in [0.05, 0.1) is 5.52 Å². The monoisotopic (exact) mass is 305 g/mol. The van der Waals surface area contributed by atoms with E-state index in [0.29, 0.717) is 29.0 Å². The van der Waals surface area contributed by atoms with E-state index in [-0.39, 0.29) is 17.7 Å². The van der Waals surface area contributed by atoms with Crippen LogP contribution in [0.15, 0.2) is 23.0 Å². The molecule has 2 rings (SSSR count). The molecular formula is C16H23N3O3. The molecular weight excluding hydrogens is 282 g/mol. The Kier molecular flexibility index (Phi) is 4.83. The number of rotatable bonds is 5. The SMILES string of the molecule is Cc1nc2c(OCC(O)CNC(C)(C)C)cccc2[nH]c1=O. The highest BCUT2D eigenvalue weighted by Crippen LogP contribution is 2.21. The van der Waals surface area contributed by atoms with Gasteiger partial charge in [-0.1, -0.05) is 6.07 Å². The number of benzene rings is 1. The van der Waals surface area contributed by atoms with Crippen molar-refractivity contribution in [2.45, 2.75) is 39.3 Å². The standard InChI is InChI=1S/C16H23N3O3/c1-10-15(21)19-12-6-5-7-13(14(12)18-10)22-9-11(20)8-17-16(2,3)4/h5-7,11,17,20H,8-9H2,1-4H3,(H,19,21). The molecule has 1 aromatic heterocycles. The molecule has 22 heavy (non-hydrogen) atoms. The molecule has 0 bridgehead atoms. The Balaban J connectivity index is 2.09. The number of aromatic nitrogens is 2. The third-order valence-corrected chi connectivity index (χ3v) is 3.15. The number of β-amino-alcohol motifs (C(OH)–C–C–N with tert-alkyl or cyclic N) is 1. The van der Waals surface area contributed by atoms with Gasteiger partial charge in [0.1, 0.15) is 29.7 Å². The number of hydrogen-bond acceptors (Lipinski definition) is 5. The minimum atomic E-state index is -0.627. The molecule has 1 heterocycles. The zero-order valence-electron chi connectivity index (χ0n) is 13.4. The molecule has 120 valence electrons. The van der Waals surface area contributed by atoms with Crippen LogP contribution in [0.4, 0.5) is 0 Å². The zero-order chi connectivity index (χ0) is 16.3. The van der Waals surface area contributed by atoms with E-state index in [0.717, 1.165) is 0 Å². The molecule has 0 saturated heterocycles. The second-order valence-corrected chi connectivity index (χ2v) is 6.40. The van der Waals surface area contributed by atoms with Crippen LogP contribution in [0.3, 0.4) is 0 Å². The molecule has 0 amide bonds. The average molecular weight is 305 g/mol. The van der Waals surface area contributed by atoms with E-state index in [1.54, 1.807) is 25.1 Å². The molecule has 1 aromatic carbocycles.